The molecule has 0 aliphatic rings. The highest BCUT2D eigenvalue weighted by Crippen LogP contribution is 2.03. The second kappa shape index (κ2) is 4.74. The molecule has 0 saturated heterocycles. The van der Waals surface area contributed by atoms with E-state index in [9.17, 15) is 4.79 Å². The number of nitrogens with zero attached hydrogens (tertiary/aromatic N) is 2. The summed E-state index contributed by atoms with van der Waals surface area (Å²) in [7, 11) is 1.56. The maximum Gasteiger partial charge on any atom is 0.127 e. The minimum atomic E-state index is -0.122. The van der Waals surface area contributed by atoms with Crippen molar-refractivity contribution < 1.29 is 14.6 Å². The minimum Gasteiger partial charge on any atom is -0.390 e. The number of hydrogen-bond acceptors (Lipinski definition) is 4. The van der Waals surface area contributed by atoms with Crippen molar-refractivity contribution in [2.75, 3.05) is 7.11 Å². The summed E-state index contributed by atoms with van der Waals surface area (Å²) < 4.78 is 6.59. The van der Waals surface area contributed by atoms with Crippen LogP contribution in [0.1, 0.15) is 11.5 Å². The molecule has 0 atom stereocenters. The fourth-order valence-electron chi connectivity index (χ4n) is 1.08. The topological polar surface area (TPSA) is 64.3 Å². The normalized spacial score (nSPS) is 10.3. The van der Waals surface area contributed by atoms with Gasteiger partial charge >= 0.3 is 0 Å². The van der Waals surface area contributed by atoms with E-state index in [1.807, 2.05) is 0 Å². The summed E-state index contributed by atoms with van der Waals surface area (Å²) in [5.74, 6) is 0.612. The number of imidazole rings is 1. The Morgan fingerprint density at radius 3 is 3.08 bits per heavy atom. The van der Waals surface area contributed by atoms with Crippen molar-refractivity contribution in [3.63, 3.8) is 0 Å². The third-order valence-electron chi connectivity index (χ3n) is 1.61. The maximum atomic E-state index is 10.3. The second-order valence-electron chi connectivity index (χ2n) is 2.56. The molecular weight excluding hydrogens is 172 g/mol. The van der Waals surface area contributed by atoms with Crippen LogP contribution in [-0.2, 0) is 29.3 Å². The predicted octanol–water partition coefficient (Wildman–Crippen LogP) is -0.279. The molecule has 0 spiro atoms. The van der Waals surface area contributed by atoms with Gasteiger partial charge in [0.05, 0.1) is 18.7 Å². The Labute approximate surface area is 76.0 Å². The van der Waals surface area contributed by atoms with E-state index in [-0.39, 0.29) is 13.0 Å². The highest BCUT2D eigenvalue weighted by molar-refractivity contribution is 5.52. The molecule has 0 aliphatic carbocycles. The molecule has 0 bridgehead atoms. The van der Waals surface area contributed by atoms with E-state index in [0.717, 1.165) is 6.29 Å². The first-order valence-electron chi connectivity index (χ1n) is 3.90. The predicted molar refractivity (Wildman–Crippen MR) is 44.9 cm³/mol. The van der Waals surface area contributed by atoms with Gasteiger partial charge in [-0.2, -0.15) is 0 Å². The van der Waals surface area contributed by atoms with Crippen LogP contribution in [0.4, 0.5) is 0 Å². The average molecular weight is 184 g/mol. The minimum absolute atomic E-state index is 0.122. The van der Waals surface area contributed by atoms with E-state index in [2.05, 4.69) is 4.98 Å². The van der Waals surface area contributed by atoms with Crippen LogP contribution in [0.25, 0.3) is 0 Å². The summed E-state index contributed by atoms with van der Waals surface area (Å²) in [4.78, 5) is 14.3. The van der Waals surface area contributed by atoms with Crippen molar-refractivity contribution >= 4 is 6.29 Å². The molecule has 5 nitrogen and oxygen atoms in total. The van der Waals surface area contributed by atoms with Gasteiger partial charge in [0.2, 0.25) is 0 Å². The summed E-state index contributed by atoms with van der Waals surface area (Å²) in [6, 6.07) is 0. The van der Waals surface area contributed by atoms with Crippen LogP contribution < -0.4 is 0 Å². The smallest absolute Gasteiger partial charge is 0.127 e. The number of methoxy groups -OCH3 is 1. The number of ether oxygens (including phenoxy) is 1. The van der Waals surface area contributed by atoms with Crippen molar-refractivity contribution in [1.29, 1.82) is 0 Å². The van der Waals surface area contributed by atoms with Crippen LogP contribution in [0, 0.1) is 0 Å². The molecule has 0 aromatic carbocycles. The van der Waals surface area contributed by atoms with Crippen molar-refractivity contribution in [2.24, 2.45) is 0 Å². The van der Waals surface area contributed by atoms with Crippen LogP contribution in [0.5, 0.6) is 0 Å². The van der Waals surface area contributed by atoms with Gasteiger partial charge in [0, 0.05) is 13.3 Å². The van der Waals surface area contributed by atoms with E-state index < -0.39 is 0 Å². The molecule has 1 aromatic heterocycles. The number of aliphatic hydroxyl groups is 1. The Morgan fingerprint density at radius 2 is 2.54 bits per heavy atom. The van der Waals surface area contributed by atoms with Crippen molar-refractivity contribution in [2.45, 2.75) is 19.8 Å². The van der Waals surface area contributed by atoms with Crippen molar-refractivity contribution in [1.82, 2.24) is 9.55 Å². The van der Waals surface area contributed by atoms with Crippen LogP contribution in [0.15, 0.2) is 6.20 Å². The van der Waals surface area contributed by atoms with E-state index >= 15 is 0 Å². The summed E-state index contributed by atoms with van der Waals surface area (Å²) in [5, 5.41) is 8.81. The lowest BCUT2D eigenvalue weighted by molar-refractivity contribution is -0.107. The maximum absolute atomic E-state index is 10.3. The molecule has 1 N–H and O–H groups in total. The Morgan fingerprint density at radius 1 is 1.77 bits per heavy atom. The molecule has 72 valence electrons. The molecule has 0 saturated carbocycles. The molecule has 0 radical (unpaired) electrons. The number of aromatic nitrogens is 2. The quantitative estimate of drug-likeness (QED) is 0.639. The van der Waals surface area contributed by atoms with E-state index in [0.29, 0.717) is 18.2 Å². The van der Waals surface area contributed by atoms with Crippen LogP contribution in [0.2, 0.25) is 0 Å². The number of aldehydes is 1. The monoisotopic (exact) mass is 184 g/mol. The molecular formula is C8H12N2O3. The molecule has 1 heterocycles. The van der Waals surface area contributed by atoms with Gasteiger partial charge in [-0.1, -0.05) is 0 Å². The van der Waals surface area contributed by atoms with Gasteiger partial charge in [-0.05, 0) is 0 Å². The van der Waals surface area contributed by atoms with E-state index in [1.54, 1.807) is 17.9 Å². The summed E-state index contributed by atoms with van der Waals surface area (Å²) in [6.07, 6.45) is 2.68. The molecule has 13 heavy (non-hydrogen) atoms. The van der Waals surface area contributed by atoms with Gasteiger partial charge in [-0.25, -0.2) is 4.98 Å². The second-order valence-corrected chi connectivity index (χ2v) is 2.56. The summed E-state index contributed by atoms with van der Waals surface area (Å²) in [6.45, 7) is 0.221. The molecule has 1 rings (SSSR count). The lowest BCUT2D eigenvalue weighted by atomic mass is 10.4. The third kappa shape index (κ3) is 2.37. The largest absolute Gasteiger partial charge is 0.390 e. The van der Waals surface area contributed by atoms with Gasteiger partial charge < -0.3 is 19.2 Å². The first-order chi connectivity index (χ1) is 6.31. The molecule has 0 fully saturated rings. The third-order valence-corrected chi connectivity index (χ3v) is 1.61. The SMILES string of the molecule is COCn1cc(CO)nc1CC=O. The number of carbonyl (C=O) groups excluding carboxylic acids is 1. The molecule has 0 aliphatic heterocycles. The van der Waals surface area contributed by atoms with E-state index in [4.69, 9.17) is 9.84 Å². The standard InChI is InChI=1S/C8H12N2O3/c1-13-6-10-4-7(5-12)9-8(10)2-3-11/h3-4,12H,2,5-6H2,1H3. The van der Waals surface area contributed by atoms with Gasteiger partial charge in [0.15, 0.2) is 0 Å². The summed E-state index contributed by atoms with van der Waals surface area (Å²) >= 11 is 0. The van der Waals surface area contributed by atoms with Crippen molar-refractivity contribution in [3.8, 4) is 0 Å². The average Bonchev–Trinajstić information content (AvgIpc) is 2.50. The zero-order valence-corrected chi connectivity index (χ0v) is 7.43. The fraction of sp³-hybridized carbons (Fsp3) is 0.500. The first-order valence-corrected chi connectivity index (χ1v) is 3.90. The first kappa shape index (κ1) is 9.88. The Bertz CT molecular complexity index is 283. The summed E-state index contributed by atoms with van der Waals surface area (Å²) in [5.41, 5.74) is 0.550. The van der Waals surface area contributed by atoms with Gasteiger partial charge in [-0.15, -0.1) is 0 Å². The lowest BCUT2D eigenvalue weighted by Gasteiger charge is -2.02. The van der Waals surface area contributed by atoms with Gasteiger partial charge in [0.1, 0.15) is 18.8 Å². The Balaban J connectivity index is 2.85. The Hall–Kier alpha value is -1.20. The highest BCUT2D eigenvalue weighted by Gasteiger charge is 2.05. The number of rotatable bonds is 5. The zero-order valence-electron chi connectivity index (χ0n) is 7.43. The Kier molecular flexibility index (Phi) is 3.60. The molecule has 0 amide bonds. The van der Waals surface area contributed by atoms with Crippen LogP contribution in [0.3, 0.4) is 0 Å². The molecule has 0 unspecified atom stereocenters. The van der Waals surface area contributed by atoms with Crippen LogP contribution >= 0.6 is 0 Å². The molecule has 1 aromatic rings. The van der Waals surface area contributed by atoms with E-state index in [1.165, 1.54) is 0 Å². The van der Waals surface area contributed by atoms with Gasteiger partial charge in [0.25, 0.3) is 0 Å². The molecule has 5 heteroatoms. The van der Waals surface area contributed by atoms with Crippen LogP contribution in [-0.4, -0.2) is 28.1 Å². The fourth-order valence-corrected chi connectivity index (χ4v) is 1.08. The lowest BCUT2D eigenvalue weighted by Crippen LogP contribution is -2.04. The van der Waals surface area contributed by atoms with Gasteiger partial charge in [-0.3, -0.25) is 0 Å². The number of hydrogen-bond donors (Lipinski definition) is 1. The number of carbonyl (C=O) groups is 1. The zero-order chi connectivity index (χ0) is 9.68. The van der Waals surface area contributed by atoms with Crippen molar-refractivity contribution in [3.05, 3.63) is 17.7 Å². The highest BCUT2D eigenvalue weighted by atomic mass is 16.5. The number of aliphatic hydroxyl groups excluding tert-OH is 1.